The third-order valence-electron chi connectivity index (χ3n) is 14.1. The number of hydrogen-bond acceptors (Lipinski definition) is 15. The molecule has 2 heterocycles. The number of para-hydroxylation sites is 1. The van der Waals surface area contributed by atoms with Crippen LogP contribution in [-0.2, 0) is 75.2 Å². The van der Waals surface area contributed by atoms with Gasteiger partial charge in [0.1, 0.15) is 54.1 Å². The predicted molar refractivity (Wildman–Crippen MR) is 307 cm³/mol. The van der Waals surface area contributed by atoms with Crippen LogP contribution in [0.2, 0.25) is 0 Å². The van der Waals surface area contributed by atoms with Gasteiger partial charge in [0.2, 0.25) is 59.1 Å². The summed E-state index contributed by atoms with van der Waals surface area (Å²) in [4.78, 5) is 177. The predicted octanol–water partition coefficient (Wildman–Crippen LogP) is -1.19. The molecule has 2 aromatic carbocycles. The van der Waals surface area contributed by atoms with E-state index >= 15 is 0 Å². The van der Waals surface area contributed by atoms with E-state index in [-0.39, 0.29) is 69.1 Å². The Labute approximate surface area is 495 Å². The summed E-state index contributed by atoms with van der Waals surface area (Å²) in [5.41, 5.74) is 18.5. The van der Waals surface area contributed by atoms with Crippen LogP contribution in [0, 0.1) is 11.8 Å². The number of phenols is 1. The number of aromatic nitrogens is 1. The molecule has 470 valence electrons. The lowest BCUT2D eigenvalue weighted by molar-refractivity contribution is -0.143. The fourth-order valence-corrected chi connectivity index (χ4v) is 9.70. The van der Waals surface area contributed by atoms with Crippen molar-refractivity contribution in [1.82, 2.24) is 47.1 Å². The highest BCUT2D eigenvalue weighted by atomic mass is 16.4. The molecule has 0 spiro atoms. The van der Waals surface area contributed by atoms with Gasteiger partial charge in [-0.3, -0.25) is 57.5 Å². The number of likely N-dealkylation sites (tertiary alicyclic amines) is 1. The number of carboxylic acid groups (broad SMARTS) is 3. The minimum Gasteiger partial charge on any atom is -0.508 e. The summed E-state index contributed by atoms with van der Waals surface area (Å²) in [5, 5.41) is 57.0. The molecule has 3 aromatic rings. The molecule has 0 saturated carbocycles. The second-order valence-corrected chi connectivity index (χ2v) is 22.1. The summed E-state index contributed by atoms with van der Waals surface area (Å²) in [6, 6.07) is -0.938. The van der Waals surface area contributed by atoms with Crippen molar-refractivity contribution < 1.29 is 82.8 Å². The molecule has 0 bridgehead atoms. The number of aromatic hydroxyl groups is 1. The van der Waals surface area contributed by atoms with Crippen LogP contribution in [0.4, 0.5) is 0 Å². The van der Waals surface area contributed by atoms with E-state index in [9.17, 15) is 82.8 Å². The number of benzene rings is 2. The number of nitrogens with zero attached hydrogens (tertiary/aromatic N) is 1. The quantitative estimate of drug-likeness (QED) is 0.0325. The molecule has 10 amide bonds. The average molecular weight is 1210 g/mol. The fourth-order valence-electron chi connectivity index (χ4n) is 9.70. The molecule has 4 rings (SSSR count). The summed E-state index contributed by atoms with van der Waals surface area (Å²) in [7, 11) is 0. The fraction of sp³-hybridized carbons (Fsp3) is 0.526. The first-order chi connectivity index (χ1) is 40.5. The normalized spacial score (nSPS) is 15.8. The van der Waals surface area contributed by atoms with Crippen LogP contribution in [-0.4, -0.2) is 168 Å². The van der Waals surface area contributed by atoms with Crippen LogP contribution in [0.25, 0.3) is 10.9 Å². The molecule has 29 nitrogen and oxygen atoms in total. The summed E-state index contributed by atoms with van der Waals surface area (Å²) >= 11 is 0. The first kappa shape index (κ1) is 69.3. The molecule has 18 N–H and O–H groups in total. The van der Waals surface area contributed by atoms with Crippen molar-refractivity contribution in [2.75, 3.05) is 6.54 Å². The topological polar surface area (TPSA) is 484 Å². The van der Waals surface area contributed by atoms with Crippen LogP contribution in [0.1, 0.15) is 116 Å². The molecule has 1 fully saturated rings. The van der Waals surface area contributed by atoms with Gasteiger partial charge in [-0.05, 0) is 92.5 Å². The minimum absolute atomic E-state index is 0.00998. The molecule has 0 radical (unpaired) electrons. The van der Waals surface area contributed by atoms with Crippen molar-refractivity contribution in [3.63, 3.8) is 0 Å². The Hall–Kier alpha value is -9.15. The highest BCUT2D eigenvalue weighted by Gasteiger charge is 2.41. The van der Waals surface area contributed by atoms with E-state index in [0.29, 0.717) is 22.0 Å². The largest absolute Gasteiger partial charge is 0.508 e. The van der Waals surface area contributed by atoms with Gasteiger partial charge in [0.25, 0.3) is 0 Å². The second-order valence-electron chi connectivity index (χ2n) is 22.1. The molecule has 1 aliphatic heterocycles. The molecular formula is C57H80N12O17. The molecule has 0 aliphatic carbocycles. The van der Waals surface area contributed by atoms with Gasteiger partial charge in [-0.25, -0.2) is 4.79 Å². The zero-order valence-electron chi connectivity index (χ0n) is 48.4. The van der Waals surface area contributed by atoms with Crippen LogP contribution < -0.4 is 54.4 Å². The van der Waals surface area contributed by atoms with Crippen LogP contribution >= 0.6 is 0 Å². The lowest BCUT2D eigenvalue weighted by Gasteiger charge is -2.31. The van der Waals surface area contributed by atoms with Crippen molar-refractivity contribution in [3.8, 4) is 5.75 Å². The zero-order chi connectivity index (χ0) is 63.9. The van der Waals surface area contributed by atoms with Gasteiger partial charge in [0, 0.05) is 62.2 Å². The number of H-pyrrole nitrogens is 1. The number of carbonyl (C=O) groups is 13. The summed E-state index contributed by atoms with van der Waals surface area (Å²) in [6.45, 7) is 7.03. The first-order valence-corrected chi connectivity index (χ1v) is 28.3. The van der Waals surface area contributed by atoms with E-state index in [1.807, 2.05) is 13.8 Å². The number of rotatable bonds is 36. The van der Waals surface area contributed by atoms with Gasteiger partial charge in [0.05, 0.1) is 6.04 Å². The highest BCUT2D eigenvalue weighted by molar-refractivity contribution is 5.99. The maximum Gasteiger partial charge on any atom is 0.326 e. The van der Waals surface area contributed by atoms with E-state index < -0.39 is 176 Å². The van der Waals surface area contributed by atoms with Crippen molar-refractivity contribution in [2.45, 2.75) is 172 Å². The number of hydrogen-bond donors (Lipinski definition) is 15. The van der Waals surface area contributed by atoms with E-state index in [1.54, 1.807) is 44.3 Å². The van der Waals surface area contributed by atoms with Crippen molar-refractivity contribution in [3.05, 3.63) is 65.9 Å². The smallest absolute Gasteiger partial charge is 0.326 e. The van der Waals surface area contributed by atoms with E-state index in [4.69, 9.17) is 17.2 Å². The molecule has 0 unspecified atom stereocenters. The Bertz CT molecular complexity index is 2930. The van der Waals surface area contributed by atoms with Gasteiger partial charge in [0.15, 0.2) is 0 Å². The highest BCUT2D eigenvalue weighted by Crippen LogP contribution is 2.24. The Morgan fingerprint density at radius 2 is 1.01 bits per heavy atom. The molecular weight excluding hydrogens is 1120 g/mol. The average Bonchev–Trinajstić information content (AvgIpc) is 3.21. The number of fused-ring (bicyclic) bond motifs is 1. The monoisotopic (exact) mass is 1200 g/mol. The standard InChI is InChI=1S/C57H80N12O17/c1-29(2)24-35(58)49(77)62-39(17-21-47(73)74)52(80)67-42(27-32-28-61-36-9-6-5-8-34(32)36)56(84)69-23-7-10-44(69)55(83)66-41(26-31-11-13-33(70)14-12-31)54(82)65-37(15-19-45(59)71)50(78)64-40(18-22-48(75)76)51(79)63-38(16-20-46(60)72)53(81)68-43(57(85)86)25-30(3)4/h5-6,8-9,11-14,28-30,35,37-44,61,70H,7,10,15-27,58H2,1-4H3,(H2,59,71)(H2,60,72)(H,62,77)(H,63,79)(H,64,78)(H,65,82)(H,66,83)(H,67,80)(H,68,81)(H,73,74)(H,75,76)(H,85,86)/t35-,37-,38-,39-,40-,41-,42-,43-,44-/m0/s1. The molecule has 9 atom stereocenters. The third kappa shape index (κ3) is 22.4. The second kappa shape index (κ2) is 33.4. The number of amides is 10. The summed E-state index contributed by atoms with van der Waals surface area (Å²) < 4.78 is 0. The number of aliphatic carboxylic acids is 3. The zero-order valence-corrected chi connectivity index (χ0v) is 48.4. The van der Waals surface area contributed by atoms with E-state index in [0.717, 1.165) is 0 Å². The maximum absolute atomic E-state index is 15.0. The van der Waals surface area contributed by atoms with Crippen LogP contribution in [0.15, 0.2) is 54.7 Å². The van der Waals surface area contributed by atoms with E-state index in [1.165, 1.54) is 29.2 Å². The SMILES string of the molecule is CC(C)C[C@H](NC(=O)[C@H](CCC(N)=O)NC(=O)[C@H](CCC(=O)O)NC(=O)[C@H](CCC(N)=O)NC(=O)[C@H](Cc1ccc(O)cc1)NC(=O)[C@@H]1CCCN1C(=O)[C@H](Cc1c[nH]c2ccccc12)NC(=O)[C@H](CCC(=O)O)NC(=O)[C@@H](N)CC(C)C)C(=O)O. The molecule has 1 aromatic heterocycles. The number of primary amides is 2. The van der Waals surface area contributed by atoms with Gasteiger partial charge >= 0.3 is 17.9 Å². The Morgan fingerprint density at radius 3 is 1.49 bits per heavy atom. The lowest BCUT2D eigenvalue weighted by atomic mass is 10.0. The van der Waals surface area contributed by atoms with Crippen molar-refractivity contribution >= 4 is 87.9 Å². The third-order valence-corrected chi connectivity index (χ3v) is 14.1. The molecule has 1 saturated heterocycles. The number of aromatic amines is 1. The first-order valence-electron chi connectivity index (χ1n) is 28.3. The van der Waals surface area contributed by atoms with Crippen molar-refractivity contribution in [2.24, 2.45) is 29.0 Å². The van der Waals surface area contributed by atoms with Gasteiger partial charge < -0.3 is 84.7 Å². The van der Waals surface area contributed by atoms with Crippen LogP contribution in [0.5, 0.6) is 5.75 Å². The van der Waals surface area contributed by atoms with Crippen molar-refractivity contribution in [1.29, 1.82) is 0 Å². The van der Waals surface area contributed by atoms with Gasteiger partial charge in [-0.1, -0.05) is 58.0 Å². The number of nitrogens with one attached hydrogen (secondary N) is 8. The Balaban J connectivity index is 1.67. The molecule has 86 heavy (non-hydrogen) atoms. The summed E-state index contributed by atoms with van der Waals surface area (Å²) in [5.74, 6) is -14.1. The number of nitrogens with two attached hydrogens (primary N) is 3. The molecule has 29 heteroatoms. The Kier molecular flexibility index (Phi) is 26.9. The van der Waals surface area contributed by atoms with Gasteiger partial charge in [-0.15, -0.1) is 0 Å². The lowest BCUT2D eigenvalue weighted by Crippen LogP contribution is -2.60. The Morgan fingerprint density at radius 1 is 0.558 bits per heavy atom. The number of carboxylic acids is 3. The number of carbonyl (C=O) groups excluding carboxylic acids is 10. The minimum atomic E-state index is -1.80. The van der Waals surface area contributed by atoms with Crippen LogP contribution in [0.3, 0.4) is 0 Å². The summed E-state index contributed by atoms with van der Waals surface area (Å²) in [6.07, 6.45) is -2.68. The maximum atomic E-state index is 15.0. The molecule has 1 aliphatic rings. The van der Waals surface area contributed by atoms with E-state index in [2.05, 4.69) is 42.2 Å². The number of phenolic OH excluding ortho intramolecular Hbond substituents is 1. The van der Waals surface area contributed by atoms with Gasteiger partial charge in [-0.2, -0.15) is 0 Å².